The molecular weight excluding hydrogens is 240 g/mol. The minimum Gasteiger partial charge on any atom is -0.456 e. The van der Waals surface area contributed by atoms with Crippen molar-refractivity contribution in [1.82, 2.24) is 0 Å². The van der Waals surface area contributed by atoms with E-state index in [0.717, 1.165) is 38.5 Å². The predicted octanol–water partition coefficient (Wildman–Crippen LogP) is 3.71. The van der Waals surface area contributed by atoms with Crippen LogP contribution in [0.5, 0.6) is 0 Å². The predicted molar refractivity (Wildman–Crippen MR) is 77.8 cm³/mol. The molecule has 0 aliphatic rings. The Bertz CT molecular complexity index is 275. The van der Waals surface area contributed by atoms with E-state index < -0.39 is 5.97 Å². The van der Waals surface area contributed by atoms with Crippen LogP contribution in [-0.2, 0) is 14.3 Å². The minimum absolute atomic E-state index is 0.321. The summed E-state index contributed by atoms with van der Waals surface area (Å²) >= 11 is 0. The van der Waals surface area contributed by atoms with Gasteiger partial charge in [-0.25, -0.2) is 4.79 Å². The molecular formula is C16H28O3. The molecule has 0 heterocycles. The molecule has 3 heteroatoms. The first-order chi connectivity index (χ1) is 9.20. The van der Waals surface area contributed by atoms with Crippen molar-refractivity contribution in [1.29, 1.82) is 0 Å². The van der Waals surface area contributed by atoms with Crippen LogP contribution in [0.3, 0.4) is 0 Å². The number of carbonyl (C=O) groups excluding carboxylic acids is 1. The van der Waals surface area contributed by atoms with Crippen LogP contribution >= 0.6 is 0 Å². The number of hydrogen-bond donors (Lipinski definition) is 0. The Balaban J connectivity index is 3.45. The normalized spacial score (nSPS) is 11.5. The first-order valence-corrected chi connectivity index (χ1v) is 7.47. The molecule has 0 amide bonds. The molecule has 0 saturated carbocycles. The smallest absolute Gasteiger partial charge is 0.384 e. The van der Waals surface area contributed by atoms with Gasteiger partial charge in [-0.05, 0) is 26.2 Å². The highest BCUT2D eigenvalue weighted by Crippen LogP contribution is 2.01. The van der Waals surface area contributed by atoms with E-state index in [2.05, 4.69) is 32.6 Å². The fourth-order valence-corrected chi connectivity index (χ4v) is 1.62. The number of hydrogen-bond acceptors (Lipinski definition) is 3. The molecule has 0 rings (SSSR count). The van der Waals surface area contributed by atoms with E-state index in [0.29, 0.717) is 25.7 Å². The van der Waals surface area contributed by atoms with Gasteiger partial charge in [-0.15, -0.1) is 0 Å². The largest absolute Gasteiger partial charge is 0.456 e. The maximum Gasteiger partial charge on any atom is 0.384 e. The zero-order valence-corrected chi connectivity index (χ0v) is 12.7. The highest BCUT2D eigenvalue weighted by atomic mass is 16.5. The summed E-state index contributed by atoms with van der Waals surface area (Å²) in [6, 6.07) is 0. The van der Waals surface area contributed by atoms with Crippen molar-refractivity contribution in [2.45, 2.75) is 71.8 Å². The Hall–Kier alpha value is -1.01. The van der Waals surface area contributed by atoms with Crippen LogP contribution in [-0.4, -0.2) is 25.3 Å². The second-order valence-electron chi connectivity index (χ2n) is 4.72. The molecule has 3 nitrogen and oxygen atoms in total. The van der Waals surface area contributed by atoms with Gasteiger partial charge >= 0.3 is 5.97 Å². The van der Waals surface area contributed by atoms with Gasteiger partial charge < -0.3 is 9.47 Å². The third kappa shape index (κ3) is 13.2. The van der Waals surface area contributed by atoms with Gasteiger partial charge in [0.25, 0.3) is 0 Å². The Morgan fingerprint density at radius 1 is 1.11 bits per heavy atom. The van der Waals surface area contributed by atoms with Crippen LogP contribution in [0.2, 0.25) is 0 Å². The highest BCUT2D eigenvalue weighted by Gasteiger charge is 1.99. The zero-order valence-electron chi connectivity index (χ0n) is 12.7. The first-order valence-electron chi connectivity index (χ1n) is 7.47. The van der Waals surface area contributed by atoms with Crippen LogP contribution in [0.1, 0.15) is 65.7 Å². The summed E-state index contributed by atoms with van der Waals surface area (Å²) in [4.78, 5) is 11.2. The maximum atomic E-state index is 11.2. The molecule has 0 saturated heterocycles. The van der Waals surface area contributed by atoms with Gasteiger partial charge in [0.15, 0.2) is 0 Å². The second kappa shape index (κ2) is 13.4. The Kier molecular flexibility index (Phi) is 12.7. The lowest BCUT2D eigenvalue weighted by Gasteiger charge is -2.10. The summed E-state index contributed by atoms with van der Waals surface area (Å²) in [6.45, 7) is 7.55. The van der Waals surface area contributed by atoms with Gasteiger partial charge in [-0.2, -0.15) is 0 Å². The van der Waals surface area contributed by atoms with Crippen molar-refractivity contribution >= 4 is 5.97 Å². The van der Waals surface area contributed by atoms with Crippen molar-refractivity contribution in [2.75, 3.05) is 13.2 Å². The van der Waals surface area contributed by atoms with Gasteiger partial charge in [0, 0.05) is 18.9 Å². The zero-order chi connectivity index (χ0) is 14.3. The first kappa shape index (κ1) is 18.0. The standard InChI is InChI=1S/C16H28O3/c1-4-6-9-14-19-16(17)12-8-7-10-13-18-15(3)11-5-2/h15H,4-7,9-11,13-14H2,1-3H3. The molecule has 1 unspecified atom stereocenters. The molecule has 0 fully saturated rings. The molecule has 0 bridgehead atoms. The van der Waals surface area contributed by atoms with E-state index >= 15 is 0 Å². The van der Waals surface area contributed by atoms with Gasteiger partial charge in [0.1, 0.15) is 0 Å². The van der Waals surface area contributed by atoms with Gasteiger partial charge in [0.2, 0.25) is 0 Å². The summed E-state index contributed by atoms with van der Waals surface area (Å²) in [5.74, 6) is 4.93. The summed E-state index contributed by atoms with van der Waals surface area (Å²) in [5.41, 5.74) is 0. The van der Waals surface area contributed by atoms with Crippen LogP contribution < -0.4 is 0 Å². The van der Waals surface area contributed by atoms with E-state index in [4.69, 9.17) is 9.47 Å². The van der Waals surface area contributed by atoms with E-state index in [1.54, 1.807) is 0 Å². The molecule has 0 aromatic rings. The van der Waals surface area contributed by atoms with Gasteiger partial charge in [0.05, 0.1) is 12.7 Å². The van der Waals surface area contributed by atoms with Crippen LogP contribution in [0, 0.1) is 11.8 Å². The molecule has 0 aliphatic heterocycles. The van der Waals surface area contributed by atoms with E-state index in [1.807, 2.05) is 0 Å². The fourth-order valence-electron chi connectivity index (χ4n) is 1.62. The third-order valence-electron chi connectivity index (χ3n) is 2.72. The Morgan fingerprint density at radius 3 is 2.58 bits per heavy atom. The average molecular weight is 268 g/mol. The minimum atomic E-state index is -0.406. The lowest BCUT2D eigenvalue weighted by atomic mass is 10.2. The van der Waals surface area contributed by atoms with Gasteiger partial charge in [-0.1, -0.05) is 39.0 Å². The summed E-state index contributed by atoms with van der Waals surface area (Å²) in [6.07, 6.45) is 7.25. The van der Waals surface area contributed by atoms with E-state index in [1.165, 1.54) is 0 Å². The number of esters is 1. The van der Waals surface area contributed by atoms with E-state index in [9.17, 15) is 4.79 Å². The van der Waals surface area contributed by atoms with Crippen LogP contribution in [0.4, 0.5) is 0 Å². The van der Waals surface area contributed by atoms with Crippen molar-refractivity contribution in [3.05, 3.63) is 0 Å². The summed E-state index contributed by atoms with van der Waals surface area (Å²) in [5, 5.41) is 0. The van der Waals surface area contributed by atoms with Crippen molar-refractivity contribution in [3.63, 3.8) is 0 Å². The highest BCUT2D eigenvalue weighted by molar-refractivity contribution is 5.88. The van der Waals surface area contributed by atoms with Crippen molar-refractivity contribution < 1.29 is 14.3 Å². The molecule has 0 radical (unpaired) electrons. The number of carbonyl (C=O) groups is 1. The summed E-state index contributed by atoms with van der Waals surface area (Å²) in [7, 11) is 0. The molecule has 0 aromatic carbocycles. The SMILES string of the molecule is CCCCCOC(=O)C#CCCCOC(C)CCC. The molecule has 0 aromatic heterocycles. The average Bonchev–Trinajstić information content (AvgIpc) is 2.39. The molecule has 0 N–H and O–H groups in total. The molecule has 0 spiro atoms. The van der Waals surface area contributed by atoms with Gasteiger partial charge in [-0.3, -0.25) is 0 Å². The second-order valence-corrected chi connectivity index (χ2v) is 4.72. The molecule has 19 heavy (non-hydrogen) atoms. The molecule has 1 atom stereocenters. The number of unbranched alkanes of at least 4 members (excludes halogenated alkanes) is 3. The molecule has 110 valence electrons. The maximum absolute atomic E-state index is 11.2. The quantitative estimate of drug-likeness (QED) is 0.262. The topological polar surface area (TPSA) is 35.5 Å². The molecule has 0 aliphatic carbocycles. The van der Waals surface area contributed by atoms with Crippen LogP contribution in [0.25, 0.3) is 0 Å². The Labute approximate surface area is 118 Å². The number of ether oxygens (including phenoxy) is 2. The van der Waals surface area contributed by atoms with Crippen LogP contribution in [0.15, 0.2) is 0 Å². The monoisotopic (exact) mass is 268 g/mol. The third-order valence-corrected chi connectivity index (χ3v) is 2.72. The lowest BCUT2D eigenvalue weighted by molar-refractivity contribution is -0.136. The van der Waals surface area contributed by atoms with Crippen molar-refractivity contribution in [2.24, 2.45) is 0 Å². The Morgan fingerprint density at radius 2 is 1.89 bits per heavy atom. The van der Waals surface area contributed by atoms with Crippen molar-refractivity contribution in [3.8, 4) is 11.8 Å². The number of rotatable bonds is 10. The van der Waals surface area contributed by atoms with E-state index in [-0.39, 0.29) is 0 Å². The fraction of sp³-hybridized carbons (Fsp3) is 0.812. The summed E-state index contributed by atoms with van der Waals surface area (Å²) < 4.78 is 10.6. The lowest BCUT2D eigenvalue weighted by Crippen LogP contribution is -2.08.